The lowest BCUT2D eigenvalue weighted by Gasteiger charge is -2.06. The van der Waals surface area contributed by atoms with E-state index in [2.05, 4.69) is 53.6 Å². The average molecular weight is 348 g/mol. The molecule has 15 heavy (non-hydrogen) atoms. The average Bonchev–Trinajstić information content (AvgIpc) is 2.63. The number of pyridine rings is 1. The molecule has 0 radical (unpaired) electrons. The first-order valence-corrected chi connectivity index (χ1v) is 6.79. The van der Waals surface area contributed by atoms with Gasteiger partial charge in [-0.1, -0.05) is 0 Å². The minimum Gasteiger partial charge on any atom is -0.379 e. The van der Waals surface area contributed by atoms with Crippen LogP contribution in [0.15, 0.2) is 38.9 Å². The molecule has 0 aromatic carbocycles. The molecule has 0 spiro atoms. The monoisotopic (exact) mass is 346 g/mol. The number of hydrogen-bond donors (Lipinski definition) is 1. The second-order valence-electron chi connectivity index (χ2n) is 2.90. The fraction of sp³-hybridized carbons (Fsp3) is 0.100. The first-order valence-electron chi connectivity index (χ1n) is 4.32. The van der Waals surface area contributed by atoms with E-state index < -0.39 is 0 Å². The van der Waals surface area contributed by atoms with E-state index >= 15 is 0 Å². The molecular weight excluding hydrogens is 340 g/mol. The standard InChI is InChI=1S/C10H8Br2N2S/c11-7-2-4-15-10(7)6-14-9-1-3-13-5-8(9)12/h1-5H,6H2,(H,13,14). The number of rotatable bonds is 3. The lowest BCUT2D eigenvalue weighted by atomic mass is 10.4. The summed E-state index contributed by atoms with van der Waals surface area (Å²) < 4.78 is 2.14. The summed E-state index contributed by atoms with van der Waals surface area (Å²) in [5.41, 5.74) is 1.06. The summed E-state index contributed by atoms with van der Waals surface area (Å²) in [5, 5.41) is 5.42. The summed E-state index contributed by atoms with van der Waals surface area (Å²) in [7, 11) is 0. The lowest BCUT2D eigenvalue weighted by Crippen LogP contribution is -1.98. The molecule has 5 heteroatoms. The van der Waals surface area contributed by atoms with Gasteiger partial charge in [0.15, 0.2) is 0 Å². The van der Waals surface area contributed by atoms with Gasteiger partial charge < -0.3 is 5.32 Å². The molecule has 2 aromatic rings. The zero-order chi connectivity index (χ0) is 10.7. The Balaban J connectivity index is 2.06. The summed E-state index contributed by atoms with van der Waals surface area (Å²) in [5.74, 6) is 0. The van der Waals surface area contributed by atoms with Gasteiger partial charge in [-0.05, 0) is 49.4 Å². The Morgan fingerprint density at radius 1 is 1.27 bits per heavy atom. The van der Waals surface area contributed by atoms with Gasteiger partial charge in [-0.3, -0.25) is 4.98 Å². The van der Waals surface area contributed by atoms with Crippen molar-refractivity contribution in [1.29, 1.82) is 0 Å². The molecule has 2 rings (SSSR count). The van der Waals surface area contributed by atoms with Gasteiger partial charge in [-0.25, -0.2) is 0 Å². The molecule has 0 saturated carbocycles. The number of hydrogen-bond acceptors (Lipinski definition) is 3. The highest BCUT2D eigenvalue weighted by atomic mass is 79.9. The second-order valence-corrected chi connectivity index (χ2v) is 5.61. The van der Waals surface area contributed by atoms with Crippen molar-refractivity contribution in [2.75, 3.05) is 5.32 Å². The molecule has 0 aliphatic carbocycles. The van der Waals surface area contributed by atoms with Crippen molar-refractivity contribution in [3.63, 3.8) is 0 Å². The fourth-order valence-corrected chi connectivity index (χ4v) is 2.97. The zero-order valence-corrected chi connectivity index (χ0v) is 11.7. The third-order valence-corrected chi connectivity index (χ3v) is 4.46. The van der Waals surface area contributed by atoms with Gasteiger partial charge >= 0.3 is 0 Å². The summed E-state index contributed by atoms with van der Waals surface area (Å²) in [4.78, 5) is 5.30. The van der Waals surface area contributed by atoms with Crippen LogP contribution in [0, 0.1) is 0 Å². The van der Waals surface area contributed by atoms with Crippen LogP contribution in [0.4, 0.5) is 5.69 Å². The first kappa shape index (κ1) is 11.1. The molecule has 0 fully saturated rings. The number of nitrogens with zero attached hydrogens (tertiary/aromatic N) is 1. The van der Waals surface area contributed by atoms with Gasteiger partial charge in [0.05, 0.1) is 16.7 Å². The highest BCUT2D eigenvalue weighted by Gasteiger charge is 2.02. The van der Waals surface area contributed by atoms with Gasteiger partial charge in [0.25, 0.3) is 0 Å². The van der Waals surface area contributed by atoms with E-state index in [9.17, 15) is 0 Å². The summed E-state index contributed by atoms with van der Waals surface area (Å²) in [6.45, 7) is 0.820. The highest BCUT2D eigenvalue weighted by Crippen LogP contribution is 2.25. The Morgan fingerprint density at radius 3 is 2.80 bits per heavy atom. The maximum Gasteiger partial charge on any atom is 0.0590 e. The van der Waals surface area contributed by atoms with Crippen LogP contribution in [0.25, 0.3) is 0 Å². The van der Waals surface area contributed by atoms with Crippen LogP contribution in [0.5, 0.6) is 0 Å². The predicted octanol–water partition coefficient (Wildman–Crippen LogP) is 4.28. The van der Waals surface area contributed by atoms with Gasteiger partial charge in [0.2, 0.25) is 0 Å². The van der Waals surface area contributed by atoms with Gasteiger partial charge in [-0.2, -0.15) is 0 Å². The van der Waals surface area contributed by atoms with E-state index in [1.54, 1.807) is 23.7 Å². The van der Waals surface area contributed by atoms with E-state index in [-0.39, 0.29) is 0 Å². The van der Waals surface area contributed by atoms with Crippen LogP contribution in [0.3, 0.4) is 0 Å². The van der Waals surface area contributed by atoms with Crippen molar-refractivity contribution in [1.82, 2.24) is 4.98 Å². The van der Waals surface area contributed by atoms with E-state index in [1.165, 1.54) is 4.88 Å². The van der Waals surface area contributed by atoms with Crippen LogP contribution in [0.1, 0.15) is 4.88 Å². The largest absolute Gasteiger partial charge is 0.379 e. The smallest absolute Gasteiger partial charge is 0.0590 e. The minimum atomic E-state index is 0.820. The molecule has 1 N–H and O–H groups in total. The van der Waals surface area contributed by atoms with Crippen molar-refractivity contribution in [2.24, 2.45) is 0 Å². The van der Waals surface area contributed by atoms with E-state index in [4.69, 9.17) is 0 Å². The molecule has 0 aliphatic heterocycles. The number of anilines is 1. The van der Waals surface area contributed by atoms with Crippen LogP contribution >= 0.6 is 43.2 Å². The number of halogens is 2. The molecule has 0 atom stereocenters. The van der Waals surface area contributed by atoms with Crippen molar-refractivity contribution in [3.8, 4) is 0 Å². The summed E-state index contributed by atoms with van der Waals surface area (Å²) >= 11 is 8.68. The van der Waals surface area contributed by atoms with Gasteiger partial charge in [0, 0.05) is 21.7 Å². The molecular formula is C10H8Br2N2S. The Hall–Kier alpha value is -0.390. The first-order chi connectivity index (χ1) is 7.27. The molecule has 0 saturated heterocycles. The van der Waals surface area contributed by atoms with E-state index in [1.807, 2.05) is 6.07 Å². The Bertz CT molecular complexity index is 456. The fourth-order valence-electron chi connectivity index (χ4n) is 1.15. The Morgan fingerprint density at radius 2 is 2.13 bits per heavy atom. The second kappa shape index (κ2) is 5.09. The Labute approximate surface area is 109 Å². The minimum absolute atomic E-state index is 0.820. The molecule has 78 valence electrons. The van der Waals surface area contributed by atoms with Crippen molar-refractivity contribution in [2.45, 2.75) is 6.54 Å². The van der Waals surface area contributed by atoms with Crippen LogP contribution in [-0.4, -0.2) is 4.98 Å². The molecule has 0 aliphatic rings. The predicted molar refractivity (Wildman–Crippen MR) is 71.3 cm³/mol. The molecule has 2 nitrogen and oxygen atoms in total. The zero-order valence-electron chi connectivity index (χ0n) is 7.71. The number of aromatic nitrogens is 1. The maximum absolute atomic E-state index is 4.01. The van der Waals surface area contributed by atoms with Crippen molar-refractivity contribution < 1.29 is 0 Å². The number of thiophene rings is 1. The maximum atomic E-state index is 4.01. The topological polar surface area (TPSA) is 24.9 Å². The van der Waals surface area contributed by atoms with Crippen LogP contribution in [0.2, 0.25) is 0 Å². The van der Waals surface area contributed by atoms with Crippen LogP contribution in [-0.2, 0) is 6.54 Å². The summed E-state index contributed by atoms with van der Waals surface area (Å²) in [6, 6.07) is 4.01. The van der Waals surface area contributed by atoms with Gasteiger partial charge in [-0.15, -0.1) is 11.3 Å². The molecule has 0 unspecified atom stereocenters. The van der Waals surface area contributed by atoms with Crippen LogP contribution < -0.4 is 5.32 Å². The molecule has 2 heterocycles. The summed E-state index contributed by atoms with van der Waals surface area (Å²) in [6.07, 6.45) is 3.56. The molecule has 2 aromatic heterocycles. The van der Waals surface area contributed by atoms with E-state index in [0.717, 1.165) is 21.2 Å². The number of nitrogens with one attached hydrogen (secondary N) is 1. The third-order valence-electron chi connectivity index (χ3n) is 1.90. The molecule has 0 bridgehead atoms. The quantitative estimate of drug-likeness (QED) is 0.896. The normalized spacial score (nSPS) is 10.3. The van der Waals surface area contributed by atoms with Crippen molar-refractivity contribution in [3.05, 3.63) is 43.7 Å². The lowest BCUT2D eigenvalue weighted by molar-refractivity contribution is 1.16. The molecule has 0 amide bonds. The highest BCUT2D eigenvalue weighted by molar-refractivity contribution is 9.11. The Kier molecular flexibility index (Phi) is 3.77. The van der Waals surface area contributed by atoms with E-state index in [0.29, 0.717) is 0 Å². The third kappa shape index (κ3) is 2.80. The van der Waals surface area contributed by atoms with Crippen molar-refractivity contribution >= 4 is 48.9 Å². The van der Waals surface area contributed by atoms with Gasteiger partial charge in [0.1, 0.15) is 0 Å². The SMILES string of the molecule is Brc1cnccc1NCc1sccc1Br.